The normalized spacial score (nSPS) is 20.4. The molecule has 0 bridgehead atoms. The van der Waals surface area contributed by atoms with Gasteiger partial charge in [-0.2, -0.15) is 0 Å². The first-order valence-corrected chi connectivity index (χ1v) is 12.0. The molecule has 0 aromatic heterocycles. The maximum Gasteiger partial charge on any atom is 0.414 e. The molecule has 1 amide bonds. The average Bonchev–Trinajstić information content (AvgIpc) is 3.30. The second-order valence-electron chi connectivity index (χ2n) is 8.79. The smallest absolute Gasteiger partial charge is 0.414 e. The van der Waals surface area contributed by atoms with Gasteiger partial charge >= 0.3 is 12.1 Å². The first kappa shape index (κ1) is 27.4. The zero-order valence-corrected chi connectivity index (χ0v) is 19.9. The molecule has 1 aliphatic carbocycles. The molecule has 1 N–H and O–H groups in total. The molecular formula is C28H40N2O4. The summed E-state index contributed by atoms with van der Waals surface area (Å²) in [5.41, 5.74) is 3.29. The van der Waals surface area contributed by atoms with Crippen molar-refractivity contribution in [3.05, 3.63) is 65.7 Å². The number of fused-ring (bicyclic) bond motifs is 2. The largest absolute Gasteiger partial charge is 0.481 e. The van der Waals surface area contributed by atoms with E-state index in [9.17, 15) is 9.59 Å². The quantitative estimate of drug-likeness (QED) is 0.523. The highest BCUT2D eigenvalue weighted by molar-refractivity contribution is 5.90. The SMILES string of the molecule is C.CCCC(=O)O.CCN(C)C1c2ccccc2N(C(=O)OCc2ccccc2)C2CCCC12. The summed E-state index contributed by atoms with van der Waals surface area (Å²) in [6, 6.07) is 18.8. The van der Waals surface area contributed by atoms with Crippen LogP contribution in [-0.4, -0.2) is 41.7 Å². The van der Waals surface area contributed by atoms with E-state index in [1.807, 2.05) is 48.2 Å². The summed E-state index contributed by atoms with van der Waals surface area (Å²) in [5.74, 6) is -0.244. The van der Waals surface area contributed by atoms with Crippen molar-refractivity contribution in [2.24, 2.45) is 5.92 Å². The maximum absolute atomic E-state index is 13.1. The van der Waals surface area contributed by atoms with E-state index in [0.29, 0.717) is 25.0 Å². The maximum atomic E-state index is 13.1. The monoisotopic (exact) mass is 468 g/mol. The number of ether oxygens (including phenoxy) is 1. The Kier molecular flexibility index (Phi) is 10.6. The molecule has 1 aliphatic heterocycles. The molecule has 0 radical (unpaired) electrons. The molecule has 2 aliphatic rings. The van der Waals surface area contributed by atoms with E-state index in [4.69, 9.17) is 9.84 Å². The summed E-state index contributed by atoms with van der Waals surface area (Å²) in [7, 11) is 2.19. The molecule has 0 saturated heterocycles. The van der Waals surface area contributed by atoms with Gasteiger partial charge in [0.25, 0.3) is 0 Å². The molecular weight excluding hydrogens is 428 g/mol. The van der Waals surface area contributed by atoms with Gasteiger partial charge in [0.1, 0.15) is 6.61 Å². The fourth-order valence-corrected chi connectivity index (χ4v) is 5.02. The Morgan fingerprint density at radius 3 is 2.35 bits per heavy atom. The van der Waals surface area contributed by atoms with Crippen molar-refractivity contribution in [3.8, 4) is 0 Å². The summed E-state index contributed by atoms with van der Waals surface area (Å²) in [5, 5.41) is 7.91. The van der Waals surface area contributed by atoms with Crippen LogP contribution in [0.4, 0.5) is 10.5 Å². The Labute approximate surface area is 204 Å². The topological polar surface area (TPSA) is 70.1 Å². The zero-order chi connectivity index (χ0) is 23.8. The van der Waals surface area contributed by atoms with E-state index in [1.165, 1.54) is 12.0 Å². The van der Waals surface area contributed by atoms with Crippen LogP contribution < -0.4 is 4.90 Å². The molecule has 1 fully saturated rings. The number of carboxylic acid groups (broad SMARTS) is 1. The van der Waals surface area contributed by atoms with Crippen molar-refractivity contribution in [2.45, 2.75) is 72.1 Å². The predicted molar refractivity (Wildman–Crippen MR) is 137 cm³/mol. The number of hydrogen-bond donors (Lipinski definition) is 1. The minimum Gasteiger partial charge on any atom is -0.481 e. The van der Waals surface area contributed by atoms with Crippen LogP contribution in [-0.2, 0) is 16.1 Å². The van der Waals surface area contributed by atoms with Crippen LogP contribution in [0.1, 0.15) is 70.5 Å². The van der Waals surface area contributed by atoms with Crippen LogP contribution in [0, 0.1) is 5.92 Å². The Bertz CT molecular complexity index is 918. The van der Waals surface area contributed by atoms with Gasteiger partial charge in [0.05, 0.1) is 5.69 Å². The molecule has 1 heterocycles. The number of hydrogen-bond acceptors (Lipinski definition) is 4. The van der Waals surface area contributed by atoms with Gasteiger partial charge < -0.3 is 9.84 Å². The number of para-hydroxylation sites is 1. The van der Waals surface area contributed by atoms with E-state index in [2.05, 4.69) is 37.1 Å². The predicted octanol–water partition coefficient (Wildman–Crippen LogP) is 6.51. The minimum atomic E-state index is -0.711. The molecule has 1 saturated carbocycles. The highest BCUT2D eigenvalue weighted by atomic mass is 16.6. The van der Waals surface area contributed by atoms with Gasteiger partial charge in [-0.05, 0) is 56.0 Å². The number of carbonyl (C=O) groups excluding carboxylic acids is 1. The van der Waals surface area contributed by atoms with Crippen LogP contribution in [0.5, 0.6) is 0 Å². The van der Waals surface area contributed by atoms with Crippen LogP contribution in [0.2, 0.25) is 0 Å². The van der Waals surface area contributed by atoms with Crippen molar-refractivity contribution in [3.63, 3.8) is 0 Å². The molecule has 6 nitrogen and oxygen atoms in total. The Morgan fingerprint density at radius 2 is 1.74 bits per heavy atom. The van der Waals surface area contributed by atoms with Crippen LogP contribution in [0.25, 0.3) is 0 Å². The number of carboxylic acids is 1. The Morgan fingerprint density at radius 1 is 1.06 bits per heavy atom. The highest BCUT2D eigenvalue weighted by Gasteiger charge is 2.47. The van der Waals surface area contributed by atoms with Gasteiger partial charge in [-0.1, -0.05) is 76.2 Å². The minimum absolute atomic E-state index is 0. The average molecular weight is 469 g/mol. The van der Waals surface area contributed by atoms with Gasteiger partial charge in [-0.25, -0.2) is 4.79 Å². The fraction of sp³-hybridized carbons (Fsp3) is 0.500. The van der Waals surface area contributed by atoms with Crippen molar-refractivity contribution in [2.75, 3.05) is 18.5 Å². The molecule has 0 spiro atoms. The summed E-state index contributed by atoms with van der Waals surface area (Å²) in [6.45, 7) is 5.36. The van der Waals surface area contributed by atoms with E-state index < -0.39 is 5.97 Å². The van der Waals surface area contributed by atoms with Crippen LogP contribution >= 0.6 is 0 Å². The Hall–Kier alpha value is -2.86. The van der Waals surface area contributed by atoms with Gasteiger partial charge in [-0.15, -0.1) is 0 Å². The first-order valence-electron chi connectivity index (χ1n) is 12.0. The number of rotatable bonds is 6. The lowest BCUT2D eigenvalue weighted by Crippen LogP contribution is -2.50. The van der Waals surface area contributed by atoms with Crippen molar-refractivity contribution < 1.29 is 19.4 Å². The molecule has 3 atom stereocenters. The highest BCUT2D eigenvalue weighted by Crippen LogP contribution is 2.49. The van der Waals surface area contributed by atoms with Gasteiger partial charge in [0.2, 0.25) is 0 Å². The molecule has 4 rings (SSSR count). The zero-order valence-electron chi connectivity index (χ0n) is 19.9. The van der Waals surface area contributed by atoms with Crippen molar-refractivity contribution in [1.29, 1.82) is 0 Å². The fourth-order valence-electron chi connectivity index (χ4n) is 5.02. The van der Waals surface area contributed by atoms with E-state index in [1.54, 1.807) is 0 Å². The summed E-state index contributed by atoms with van der Waals surface area (Å²) < 4.78 is 5.73. The van der Waals surface area contributed by atoms with E-state index in [-0.39, 0.29) is 19.6 Å². The van der Waals surface area contributed by atoms with Gasteiger partial charge in [-0.3, -0.25) is 14.6 Å². The first-order chi connectivity index (χ1) is 16.0. The Balaban J connectivity index is 0.000000521. The number of amides is 1. The number of carbonyl (C=O) groups is 2. The number of nitrogens with zero attached hydrogens (tertiary/aromatic N) is 2. The lowest BCUT2D eigenvalue weighted by atomic mass is 9.82. The summed E-state index contributed by atoms with van der Waals surface area (Å²) in [6.07, 6.45) is 4.18. The summed E-state index contributed by atoms with van der Waals surface area (Å²) >= 11 is 0. The van der Waals surface area contributed by atoms with Gasteiger partial charge in [0.15, 0.2) is 0 Å². The lowest BCUT2D eigenvalue weighted by molar-refractivity contribution is -0.137. The number of anilines is 1. The van der Waals surface area contributed by atoms with Crippen molar-refractivity contribution in [1.82, 2.24) is 4.90 Å². The molecule has 6 heteroatoms. The molecule has 3 unspecified atom stereocenters. The third-order valence-corrected chi connectivity index (χ3v) is 6.62. The van der Waals surface area contributed by atoms with Gasteiger partial charge in [0, 0.05) is 18.5 Å². The third kappa shape index (κ3) is 6.38. The molecule has 2 aromatic rings. The van der Waals surface area contributed by atoms with Crippen molar-refractivity contribution >= 4 is 17.7 Å². The van der Waals surface area contributed by atoms with Crippen LogP contribution in [0.15, 0.2) is 54.6 Å². The molecule has 34 heavy (non-hydrogen) atoms. The number of aliphatic carboxylic acids is 1. The lowest BCUT2D eigenvalue weighted by Gasteiger charge is -2.46. The van der Waals surface area contributed by atoms with E-state index in [0.717, 1.165) is 37.1 Å². The van der Waals surface area contributed by atoms with E-state index >= 15 is 0 Å². The molecule has 2 aromatic carbocycles. The van der Waals surface area contributed by atoms with Crippen LogP contribution in [0.3, 0.4) is 0 Å². The number of benzene rings is 2. The third-order valence-electron chi connectivity index (χ3n) is 6.62. The second kappa shape index (κ2) is 13.1. The molecule has 186 valence electrons. The summed E-state index contributed by atoms with van der Waals surface area (Å²) in [4.78, 5) is 27.1. The second-order valence-corrected chi connectivity index (χ2v) is 8.79. The standard InChI is InChI=1S/C23H28N2O2.C4H8O2.CH4/c1-3-24(2)22-18-12-7-8-14-20(18)25(21-15-9-13-19(21)22)23(26)27-16-17-10-5-4-6-11-17;1-2-3-4(5)6;/h4-8,10-12,14,19,21-22H,3,9,13,15-16H2,1-2H3;2-3H2,1H3,(H,5,6);1H4.